The molecule has 1 aromatic carbocycles. The monoisotopic (exact) mass is 193 g/mol. The van der Waals surface area contributed by atoms with E-state index in [0.29, 0.717) is 12.0 Å². The van der Waals surface area contributed by atoms with Gasteiger partial charge in [-0.1, -0.05) is 24.3 Å². The molecule has 0 fully saturated rings. The second kappa shape index (κ2) is 4.78. The Morgan fingerprint density at radius 3 is 2.79 bits per heavy atom. The van der Waals surface area contributed by atoms with Crippen molar-refractivity contribution in [1.29, 1.82) is 0 Å². The number of amides is 1. The van der Waals surface area contributed by atoms with E-state index >= 15 is 0 Å². The van der Waals surface area contributed by atoms with E-state index in [1.54, 1.807) is 18.2 Å². The van der Waals surface area contributed by atoms with Gasteiger partial charge < -0.3 is 15.4 Å². The number of carbonyl (C=O) groups is 1. The summed E-state index contributed by atoms with van der Waals surface area (Å²) in [6.45, 7) is 1.83. The van der Waals surface area contributed by atoms with E-state index in [2.05, 4.69) is 5.32 Å². The van der Waals surface area contributed by atoms with Gasteiger partial charge in [-0.05, 0) is 11.0 Å². The quantitative estimate of drug-likeness (QED) is 0.539. The Morgan fingerprint density at radius 2 is 2.21 bits per heavy atom. The van der Waals surface area contributed by atoms with Gasteiger partial charge in [0, 0.05) is 13.5 Å². The van der Waals surface area contributed by atoms with Crippen LogP contribution < -0.4 is 10.8 Å². The Balaban J connectivity index is 2.68. The van der Waals surface area contributed by atoms with E-state index in [-0.39, 0.29) is 5.91 Å². The number of nitrogens with one attached hydrogen (secondary N) is 1. The lowest BCUT2D eigenvalue weighted by Gasteiger charge is -2.04. The third-order valence-electron chi connectivity index (χ3n) is 1.79. The fraction of sp³-hybridized carbons (Fsp3) is 0.222. The number of carbonyl (C=O) groups excluding carboxylic acids is 1. The summed E-state index contributed by atoms with van der Waals surface area (Å²) in [6.07, 6.45) is 0. The molecule has 0 saturated heterocycles. The van der Waals surface area contributed by atoms with Gasteiger partial charge in [-0.2, -0.15) is 0 Å². The van der Waals surface area contributed by atoms with Crippen LogP contribution in [0.1, 0.15) is 12.5 Å². The van der Waals surface area contributed by atoms with Crippen molar-refractivity contribution in [3.8, 4) is 0 Å². The molecule has 0 bridgehead atoms. The summed E-state index contributed by atoms with van der Waals surface area (Å²) in [4.78, 5) is 10.6. The first kappa shape index (κ1) is 10.8. The predicted octanol–water partition coefficient (Wildman–Crippen LogP) is -0.998. The third kappa shape index (κ3) is 3.20. The van der Waals surface area contributed by atoms with Crippen LogP contribution in [0, 0.1) is 0 Å². The Morgan fingerprint density at radius 1 is 1.50 bits per heavy atom. The van der Waals surface area contributed by atoms with Gasteiger partial charge in [0.15, 0.2) is 0 Å². The van der Waals surface area contributed by atoms with E-state index in [1.165, 1.54) is 6.92 Å². The molecule has 4 nitrogen and oxygen atoms in total. The smallest absolute Gasteiger partial charge is 0.423 e. The summed E-state index contributed by atoms with van der Waals surface area (Å²) in [6, 6.07) is 6.77. The van der Waals surface area contributed by atoms with Crippen LogP contribution in [0.5, 0.6) is 0 Å². The minimum atomic E-state index is -1.47. The third-order valence-corrected chi connectivity index (χ3v) is 1.79. The Labute approximate surface area is 82.7 Å². The second-order valence-electron chi connectivity index (χ2n) is 3.03. The summed E-state index contributed by atoms with van der Waals surface area (Å²) in [5, 5.41) is 20.4. The van der Waals surface area contributed by atoms with Crippen LogP contribution in [0.2, 0.25) is 0 Å². The highest BCUT2D eigenvalue weighted by molar-refractivity contribution is 6.58. The molecule has 1 rings (SSSR count). The molecule has 0 unspecified atom stereocenters. The van der Waals surface area contributed by atoms with E-state index in [0.717, 1.165) is 5.56 Å². The molecule has 74 valence electrons. The molecule has 0 aliphatic heterocycles. The molecule has 3 N–H and O–H groups in total. The molecule has 0 aliphatic carbocycles. The van der Waals surface area contributed by atoms with Crippen LogP contribution in [0.25, 0.3) is 0 Å². The van der Waals surface area contributed by atoms with Crippen molar-refractivity contribution in [3.05, 3.63) is 29.8 Å². The molecule has 0 atom stereocenters. The zero-order chi connectivity index (χ0) is 10.6. The molecule has 0 aromatic heterocycles. The lowest BCUT2D eigenvalue weighted by molar-refractivity contribution is -0.119. The molecule has 5 heteroatoms. The maximum atomic E-state index is 10.6. The highest BCUT2D eigenvalue weighted by Crippen LogP contribution is 1.96. The van der Waals surface area contributed by atoms with Crippen LogP contribution in [-0.2, 0) is 11.3 Å². The van der Waals surface area contributed by atoms with Crippen molar-refractivity contribution in [2.75, 3.05) is 0 Å². The van der Waals surface area contributed by atoms with Gasteiger partial charge >= 0.3 is 7.12 Å². The summed E-state index contributed by atoms with van der Waals surface area (Å²) in [5.41, 5.74) is 1.26. The van der Waals surface area contributed by atoms with Crippen molar-refractivity contribution in [2.45, 2.75) is 13.5 Å². The molecule has 1 amide bonds. The largest absolute Gasteiger partial charge is 0.488 e. The average Bonchev–Trinajstić information content (AvgIpc) is 2.15. The van der Waals surface area contributed by atoms with Crippen molar-refractivity contribution in [3.63, 3.8) is 0 Å². The fourth-order valence-electron chi connectivity index (χ4n) is 1.09. The zero-order valence-corrected chi connectivity index (χ0v) is 7.90. The average molecular weight is 193 g/mol. The molecule has 0 aliphatic rings. The molecule has 0 heterocycles. The Bertz CT molecular complexity index is 328. The highest BCUT2D eigenvalue weighted by Gasteiger charge is 2.10. The normalized spacial score (nSPS) is 9.64. The Hall–Kier alpha value is -1.33. The maximum absolute atomic E-state index is 10.6. The number of hydrogen-bond acceptors (Lipinski definition) is 3. The van der Waals surface area contributed by atoms with Gasteiger partial charge in [-0.15, -0.1) is 0 Å². The first-order valence-corrected chi connectivity index (χ1v) is 4.29. The molecule has 0 radical (unpaired) electrons. The molecule has 0 spiro atoms. The van der Waals surface area contributed by atoms with Crippen LogP contribution in [0.15, 0.2) is 24.3 Å². The van der Waals surface area contributed by atoms with E-state index in [4.69, 9.17) is 10.0 Å². The standard InChI is InChI=1S/C9H12BNO3/c1-7(12)11-6-8-3-2-4-9(5-8)10(13)14/h2-5,13-14H,6H2,1H3,(H,11,12). The highest BCUT2D eigenvalue weighted by atomic mass is 16.4. The molecule has 0 saturated carbocycles. The fourth-order valence-corrected chi connectivity index (χ4v) is 1.09. The van der Waals surface area contributed by atoms with Crippen molar-refractivity contribution in [1.82, 2.24) is 5.32 Å². The van der Waals surface area contributed by atoms with E-state index in [9.17, 15) is 4.79 Å². The van der Waals surface area contributed by atoms with Crippen molar-refractivity contribution in [2.24, 2.45) is 0 Å². The number of hydrogen-bond donors (Lipinski definition) is 3. The second-order valence-corrected chi connectivity index (χ2v) is 3.03. The summed E-state index contributed by atoms with van der Waals surface area (Å²) < 4.78 is 0. The van der Waals surface area contributed by atoms with Crippen molar-refractivity contribution < 1.29 is 14.8 Å². The molecular weight excluding hydrogens is 181 g/mol. The van der Waals surface area contributed by atoms with Gasteiger partial charge in [-0.3, -0.25) is 4.79 Å². The van der Waals surface area contributed by atoms with Crippen LogP contribution in [-0.4, -0.2) is 23.1 Å². The van der Waals surface area contributed by atoms with Gasteiger partial charge in [0.1, 0.15) is 0 Å². The lowest BCUT2D eigenvalue weighted by Crippen LogP contribution is -2.30. The maximum Gasteiger partial charge on any atom is 0.488 e. The van der Waals surface area contributed by atoms with Gasteiger partial charge in [-0.25, -0.2) is 0 Å². The SMILES string of the molecule is CC(=O)NCc1cccc(B(O)O)c1. The van der Waals surface area contributed by atoms with Gasteiger partial charge in [0.2, 0.25) is 5.91 Å². The van der Waals surface area contributed by atoms with Crippen LogP contribution in [0.4, 0.5) is 0 Å². The summed E-state index contributed by atoms with van der Waals surface area (Å²) >= 11 is 0. The summed E-state index contributed by atoms with van der Waals surface area (Å²) in [7, 11) is -1.47. The first-order valence-electron chi connectivity index (χ1n) is 4.29. The molecule has 1 aromatic rings. The summed E-state index contributed by atoms with van der Waals surface area (Å²) in [5.74, 6) is -0.111. The molecule has 14 heavy (non-hydrogen) atoms. The number of rotatable bonds is 3. The van der Waals surface area contributed by atoms with E-state index < -0.39 is 7.12 Å². The van der Waals surface area contributed by atoms with Crippen LogP contribution in [0.3, 0.4) is 0 Å². The van der Waals surface area contributed by atoms with Crippen LogP contribution >= 0.6 is 0 Å². The van der Waals surface area contributed by atoms with E-state index in [1.807, 2.05) is 6.07 Å². The van der Waals surface area contributed by atoms with Crippen molar-refractivity contribution >= 4 is 18.5 Å². The minimum Gasteiger partial charge on any atom is -0.423 e. The zero-order valence-electron chi connectivity index (χ0n) is 7.90. The van der Waals surface area contributed by atoms with Gasteiger partial charge in [0.25, 0.3) is 0 Å². The first-order chi connectivity index (χ1) is 6.59. The number of benzene rings is 1. The topological polar surface area (TPSA) is 69.6 Å². The van der Waals surface area contributed by atoms with Gasteiger partial charge in [0.05, 0.1) is 0 Å². The lowest BCUT2D eigenvalue weighted by atomic mass is 9.80. The Kier molecular flexibility index (Phi) is 3.68. The minimum absolute atomic E-state index is 0.111. The predicted molar refractivity (Wildman–Crippen MR) is 53.8 cm³/mol. The molecular formula is C9H12BNO3.